The molecule has 9 heteroatoms. The molecule has 1 aliphatic carbocycles. The highest BCUT2D eigenvalue weighted by atomic mass is 35.5. The van der Waals surface area contributed by atoms with Crippen LogP contribution in [-0.4, -0.2) is 31.2 Å². The number of nitrogens with zero attached hydrogens (tertiary/aromatic N) is 4. The van der Waals surface area contributed by atoms with Crippen molar-refractivity contribution in [3.63, 3.8) is 0 Å². The van der Waals surface area contributed by atoms with Crippen molar-refractivity contribution in [2.45, 2.75) is 44.6 Å². The van der Waals surface area contributed by atoms with E-state index >= 15 is 0 Å². The van der Waals surface area contributed by atoms with Gasteiger partial charge >= 0.3 is 0 Å². The van der Waals surface area contributed by atoms with Gasteiger partial charge in [0.15, 0.2) is 0 Å². The Morgan fingerprint density at radius 3 is 2.54 bits per heavy atom. The van der Waals surface area contributed by atoms with E-state index in [1.54, 1.807) is 6.20 Å². The van der Waals surface area contributed by atoms with Crippen molar-refractivity contribution >= 4 is 33.3 Å². The molecule has 1 aliphatic heterocycles. The van der Waals surface area contributed by atoms with Crippen molar-refractivity contribution in [3.8, 4) is 6.07 Å². The maximum Gasteiger partial charge on any atom is 0.236 e. The minimum Gasteiger partial charge on any atom is -0.367 e. The third-order valence-corrected chi connectivity index (χ3v) is 8.17. The van der Waals surface area contributed by atoms with Gasteiger partial charge < -0.3 is 4.90 Å². The van der Waals surface area contributed by atoms with Crippen molar-refractivity contribution in [2.75, 3.05) is 22.4 Å². The zero-order valence-corrected chi connectivity index (χ0v) is 21.2. The molecule has 0 saturated heterocycles. The Hall–Kier alpha value is -3.15. The molecule has 3 aromatic rings. The number of anilines is 2. The van der Waals surface area contributed by atoms with E-state index in [4.69, 9.17) is 11.6 Å². The normalized spacial score (nSPS) is 16.7. The van der Waals surface area contributed by atoms with Crippen molar-refractivity contribution in [3.05, 3.63) is 81.1 Å². The molecule has 1 fully saturated rings. The van der Waals surface area contributed by atoms with Crippen LogP contribution in [0, 0.1) is 18.3 Å². The van der Waals surface area contributed by atoms with E-state index in [1.165, 1.54) is 5.56 Å². The molecule has 35 heavy (non-hydrogen) atoms. The van der Waals surface area contributed by atoms with Crippen LogP contribution in [0.25, 0.3) is 0 Å². The van der Waals surface area contributed by atoms with E-state index in [2.05, 4.69) is 49.9 Å². The van der Waals surface area contributed by atoms with Crippen molar-refractivity contribution in [2.24, 2.45) is 0 Å². The van der Waals surface area contributed by atoms with Gasteiger partial charge in [-0.1, -0.05) is 30.2 Å². The fraction of sp³-hybridized carbons (Fsp3) is 0.346. The second-order valence-electron chi connectivity index (χ2n) is 9.44. The summed E-state index contributed by atoms with van der Waals surface area (Å²) in [6.45, 7) is 3.34. The summed E-state index contributed by atoms with van der Waals surface area (Å²) in [5, 5.41) is 10.2. The van der Waals surface area contributed by atoms with Crippen LogP contribution in [0.1, 0.15) is 52.8 Å². The number of hydrogen-bond donors (Lipinski definition) is 1. The highest BCUT2D eigenvalue weighted by Crippen LogP contribution is 2.50. The Labute approximate surface area is 210 Å². The lowest BCUT2D eigenvalue weighted by Crippen LogP contribution is -2.36. The minimum atomic E-state index is -3.41. The van der Waals surface area contributed by atoms with E-state index in [0.717, 1.165) is 60.1 Å². The van der Waals surface area contributed by atoms with Crippen molar-refractivity contribution < 1.29 is 8.42 Å². The van der Waals surface area contributed by atoms with Crippen molar-refractivity contribution in [1.82, 2.24) is 9.97 Å². The number of nitrogens with one attached hydrogen (secondary N) is 1. The van der Waals surface area contributed by atoms with E-state index in [0.29, 0.717) is 23.6 Å². The molecule has 1 N–H and O–H groups in total. The molecule has 1 saturated carbocycles. The summed E-state index contributed by atoms with van der Waals surface area (Å²) in [7, 11) is -3.41. The van der Waals surface area contributed by atoms with E-state index in [-0.39, 0.29) is 11.4 Å². The molecule has 180 valence electrons. The predicted molar refractivity (Wildman–Crippen MR) is 137 cm³/mol. The first-order chi connectivity index (χ1) is 16.7. The summed E-state index contributed by atoms with van der Waals surface area (Å²) in [4.78, 5) is 10.8. The molecular formula is C26H26ClN5O2S. The second-order valence-corrected chi connectivity index (χ2v) is 11.6. The van der Waals surface area contributed by atoms with Gasteiger partial charge in [0.25, 0.3) is 0 Å². The Morgan fingerprint density at radius 2 is 1.91 bits per heavy atom. The lowest BCUT2D eigenvalue weighted by Gasteiger charge is -2.43. The highest BCUT2D eigenvalue weighted by Gasteiger charge is 2.41. The lowest BCUT2D eigenvalue weighted by atomic mass is 9.60. The molecule has 7 nitrogen and oxygen atoms in total. The molecule has 0 bridgehead atoms. The van der Waals surface area contributed by atoms with Crippen LogP contribution in [0.15, 0.2) is 42.6 Å². The monoisotopic (exact) mass is 507 g/mol. The zero-order valence-electron chi connectivity index (χ0n) is 19.7. The Kier molecular flexibility index (Phi) is 5.94. The van der Waals surface area contributed by atoms with Gasteiger partial charge in [0.05, 0.1) is 23.6 Å². The standard InChI is InChI=1S/C26H26ClN5O2S/c1-17-18(14-28)12-21(13-23(17)27)26(9-3-10-26)20-4-6-22(7-5-20)32-11-8-24-19(16-32)15-29-25(30-24)31-35(2,33)34/h4-7,12-13,15H,3,8-11,16H2,1-2H3,(H,29,30,31). The Morgan fingerprint density at radius 1 is 1.17 bits per heavy atom. The van der Waals surface area contributed by atoms with Crippen LogP contribution in [0.3, 0.4) is 0 Å². The Bertz CT molecular complexity index is 1440. The maximum atomic E-state index is 11.5. The van der Waals surface area contributed by atoms with Gasteiger partial charge in [-0.3, -0.25) is 4.72 Å². The summed E-state index contributed by atoms with van der Waals surface area (Å²) < 4.78 is 25.3. The number of nitriles is 1. The first-order valence-electron chi connectivity index (χ1n) is 11.6. The third kappa shape index (κ3) is 4.46. The molecular weight excluding hydrogens is 482 g/mol. The highest BCUT2D eigenvalue weighted by molar-refractivity contribution is 7.91. The molecule has 2 heterocycles. The van der Waals surface area contributed by atoms with Crippen LogP contribution in [-0.2, 0) is 28.4 Å². The van der Waals surface area contributed by atoms with E-state index in [9.17, 15) is 13.7 Å². The second kappa shape index (κ2) is 8.81. The van der Waals surface area contributed by atoms with Crippen LogP contribution >= 0.6 is 11.6 Å². The molecule has 0 atom stereocenters. The largest absolute Gasteiger partial charge is 0.367 e. The topological polar surface area (TPSA) is 99.0 Å². The van der Waals surface area contributed by atoms with Crippen LogP contribution in [0.4, 0.5) is 11.6 Å². The average molecular weight is 508 g/mol. The van der Waals surface area contributed by atoms with Gasteiger partial charge in [-0.15, -0.1) is 0 Å². The maximum absolute atomic E-state index is 11.5. The number of rotatable bonds is 5. The zero-order chi connectivity index (χ0) is 24.8. The number of halogens is 1. The van der Waals surface area contributed by atoms with Crippen LogP contribution in [0.2, 0.25) is 5.02 Å². The number of fused-ring (bicyclic) bond motifs is 1. The van der Waals surface area contributed by atoms with Gasteiger partial charge in [-0.2, -0.15) is 5.26 Å². The van der Waals surface area contributed by atoms with Crippen LogP contribution < -0.4 is 9.62 Å². The van der Waals surface area contributed by atoms with Gasteiger partial charge in [-0.05, 0) is 60.7 Å². The Balaban J connectivity index is 1.38. The molecule has 0 amide bonds. The molecule has 2 aromatic carbocycles. The number of aromatic nitrogens is 2. The predicted octanol–water partition coefficient (Wildman–Crippen LogP) is 4.71. The third-order valence-electron chi connectivity index (χ3n) is 7.22. The SMILES string of the molecule is Cc1c(Cl)cc(C2(c3ccc(N4CCc5nc(NS(C)(=O)=O)ncc5C4)cc3)CCC2)cc1C#N. The van der Waals surface area contributed by atoms with Gasteiger partial charge in [0.1, 0.15) is 0 Å². The molecule has 5 rings (SSSR count). The summed E-state index contributed by atoms with van der Waals surface area (Å²) >= 11 is 6.48. The molecule has 1 aromatic heterocycles. The van der Waals surface area contributed by atoms with Crippen molar-refractivity contribution in [1.29, 1.82) is 5.26 Å². The minimum absolute atomic E-state index is 0.104. The van der Waals surface area contributed by atoms with Gasteiger partial charge in [0, 0.05) is 47.4 Å². The summed E-state index contributed by atoms with van der Waals surface area (Å²) in [5.74, 6) is 0.116. The molecule has 2 aliphatic rings. The lowest BCUT2D eigenvalue weighted by molar-refractivity contribution is 0.301. The molecule has 0 radical (unpaired) electrons. The molecule has 0 spiro atoms. The first-order valence-corrected chi connectivity index (χ1v) is 13.8. The first kappa shape index (κ1) is 23.6. The number of sulfonamides is 1. The summed E-state index contributed by atoms with van der Waals surface area (Å²) in [5.41, 5.74) is 6.71. The van der Waals surface area contributed by atoms with E-state index < -0.39 is 10.0 Å². The quantitative estimate of drug-likeness (QED) is 0.536. The number of benzene rings is 2. The smallest absolute Gasteiger partial charge is 0.236 e. The van der Waals surface area contributed by atoms with E-state index in [1.807, 2.05) is 19.1 Å². The molecule has 0 unspecified atom stereocenters. The summed E-state index contributed by atoms with van der Waals surface area (Å²) in [6, 6.07) is 15.0. The summed E-state index contributed by atoms with van der Waals surface area (Å²) in [6.07, 6.45) is 6.72. The number of hydrogen-bond acceptors (Lipinski definition) is 6. The fourth-order valence-corrected chi connectivity index (χ4v) is 5.74. The fourth-order valence-electron chi connectivity index (χ4n) is 5.09. The van der Waals surface area contributed by atoms with Crippen LogP contribution in [0.5, 0.6) is 0 Å². The van der Waals surface area contributed by atoms with Gasteiger partial charge in [0.2, 0.25) is 16.0 Å². The van der Waals surface area contributed by atoms with Gasteiger partial charge in [-0.25, -0.2) is 18.4 Å². The average Bonchev–Trinajstić information content (AvgIpc) is 2.79.